The zero-order chi connectivity index (χ0) is 17.6. The molecule has 0 radical (unpaired) electrons. The van der Waals surface area contributed by atoms with Crippen molar-refractivity contribution in [2.75, 3.05) is 5.73 Å². The molecule has 2 aromatic heterocycles. The number of anilines is 1. The normalized spacial score (nSPS) is 12.0. The largest absolute Gasteiger partial charge is 0.416 e. The quantitative estimate of drug-likeness (QED) is 0.582. The van der Waals surface area contributed by atoms with Crippen molar-refractivity contribution >= 4 is 27.5 Å². The zero-order valence-corrected chi connectivity index (χ0v) is 13.3. The summed E-state index contributed by atoms with van der Waals surface area (Å²) in [4.78, 5) is 8.51. The Balaban J connectivity index is 1.78. The Kier molecular flexibility index (Phi) is 3.46. The fourth-order valence-corrected chi connectivity index (χ4v) is 3.30. The fourth-order valence-electron chi connectivity index (χ4n) is 2.37. The second-order valence-corrected chi connectivity index (χ2v) is 6.26. The number of hydrogen-bond acceptors (Lipinski definition) is 5. The summed E-state index contributed by atoms with van der Waals surface area (Å²) in [7, 11) is 0. The summed E-state index contributed by atoms with van der Waals surface area (Å²) in [5.41, 5.74) is 6.15. The van der Waals surface area contributed by atoms with Crippen molar-refractivity contribution in [2.45, 2.75) is 6.18 Å². The van der Waals surface area contributed by atoms with Gasteiger partial charge in [-0.2, -0.15) is 22.8 Å². The van der Waals surface area contributed by atoms with E-state index in [4.69, 9.17) is 5.73 Å². The van der Waals surface area contributed by atoms with Gasteiger partial charge in [0.1, 0.15) is 0 Å². The summed E-state index contributed by atoms with van der Waals surface area (Å²) in [6.45, 7) is 0. The molecule has 0 bridgehead atoms. The van der Waals surface area contributed by atoms with Gasteiger partial charge in [0.25, 0.3) is 0 Å². The number of para-hydroxylation sites is 1. The Morgan fingerprint density at radius 1 is 1.00 bits per heavy atom. The van der Waals surface area contributed by atoms with E-state index in [1.807, 2.05) is 24.3 Å². The molecule has 0 unspecified atom stereocenters. The molecule has 0 saturated heterocycles. The average Bonchev–Trinajstić information content (AvgIpc) is 3.17. The summed E-state index contributed by atoms with van der Waals surface area (Å²) in [5, 5.41) is 4.73. The third-order valence-electron chi connectivity index (χ3n) is 3.54. The molecule has 0 spiro atoms. The van der Waals surface area contributed by atoms with Crippen LogP contribution < -0.4 is 5.73 Å². The van der Waals surface area contributed by atoms with Gasteiger partial charge in [-0.05, 0) is 24.3 Å². The molecule has 0 saturated carbocycles. The Hall–Kier alpha value is -2.94. The third-order valence-corrected chi connectivity index (χ3v) is 4.56. The summed E-state index contributed by atoms with van der Waals surface area (Å²) >= 11 is 1.37. The number of fused-ring (bicyclic) bond motifs is 1. The van der Waals surface area contributed by atoms with Crippen molar-refractivity contribution in [2.24, 2.45) is 0 Å². The van der Waals surface area contributed by atoms with Gasteiger partial charge in [0.2, 0.25) is 11.1 Å². The number of nitrogen functional groups attached to an aromatic ring is 1. The molecule has 0 fully saturated rings. The molecule has 0 aliphatic heterocycles. The second-order valence-electron chi connectivity index (χ2n) is 5.25. The molecule has 5 nitrogen and oxygen atoms in total. The van der Waals surface area contributed by atoms with Gasteiger partial charge in [-0.3, -0.25) is 0 Å². The predicted molar refractivity (Wildman–Crippen MR) is 89.4 cm³/mol. The highest BCUT2D eigenvalue weighted by Gasteiger charge is 2.30. The fraction of sp³-hybridized carbons (Fsp3) is 0.0625. The van der Waals surface area contributed by atoms with E-state index in [1.165, 1.54) is 28.2 Å². The van der Waals surface area contributed by atoms with E-state index in [0.717, 1.165) is 22.3 Å². The van der Waals surface area contributed by atoms with Crippen LogP contribution in [0.5, 0.6) is 0 Å². The topological polar surface area (TPSA) is 69.6 Å². The first-order valence-corrected chi connectivity index (χ1v) is 7.99. The molecular formula is C16H10F3N5S. The lowest BCUT2D eigenvalue weighted by atomic mass is 10.1. The maximum atomic E-state index is 12.9. The minimum Gasteiger partial charge on any atom is -0.368 e. The smallest absolute Gasteiger partial charge is 0.368 e. The number of aromatic nitrogens is 4. The van der Waals surface area contributed by atoms with Crippen LogP contribution in [-0.2, 0) is 6.18 Å². The van der Waals surface area contributed by atoms with E-state index in [-0.39, 0.29) is 17.3 Å². The molecule has 4 aromatic rings. The Labute approximate surface area is 143 Å². The minimum atomic E-state index is -4.43. The van der Waals surface area contributed by atoms with Gasteiger partial charge < -0.3 is 5.73 Å². The van der Waals surface area contributed by atoms with Crippen molar-refractivity contribution in [3.05, 3.63) is 54.1 Å². The maximum Gasteiger partial charge on any atom is 0.416 e. The molecule has 0 amide bonds. The van der Waals surface area contributed by atoms with Crippen molar-refractivity contribution in [3.8, 4) is 16.5 Å². The van der Waals surface area contributed by atoms with Crippen molar-refractivity contribution < 1.29 is 13.2 Å². The Morgan fingerprint density at radius 2 is 1.80 bits per heavy atom. The maximum absolute atomic E-state index is 12.9. The first-order valence-electron chi connectivity index (χ1n) is 7.18. The predicted octanol–water partition coefficient (Wildman–Crippen LogP) is 4.15. The first kappa shape index (κ1) is 15.6. The van der Waals surface area contributed by atoms with Crippen LogP contribution in [0.2, 0.25) is 0 Å². The van der Waals surface area contributed by atoms with Crippen molar-refractivity contribution in [1.82, 2.24) is 19.7 Å². The number of alkyl halides is 3. The van der Waals surface area contributed by atoms with Gasteiger partial charge in [0, 0.05) is 5.56 Å². The molecule has 126 valence electrons. The number of thiazole rings is 1. The average molecular weight is 361 g/mol. The number of halogens is 3. The van der Waals surface area contributed by atoms with Gasteiger partial charge in [0.15, 0.2) is 5.82 Å². The lowest BCUT2D eigenvalue weighted by molar-refractivity contribution is -0.137. The molecule has 2 N–H and O–H groups in total. The van der Waals surface area contributed by atoms with Crippen LogP contribution in [0, 0.1) is 0 Å². The molecule has 2 aromatic carbocycles. The van der Waals surface area contributed by atoms with Gasteiger partial charge in [-0.25, -0.2) is 4.98 Å². The lowest BCUT2D eigenvalue weighted by Crippen LogP contribution is -2.04. The molecule has 0 aliphatic carbocycles. The van der Waals surface area contributed by atoms with Crippen LogP contribution in [-0.4, -0.2) is 19.7 Å². The molecule has 9 heteroatoms. The van der Waals surface area contributed by atoms with E-state index >= 15 is 0 Å². The number of nitrogens with zero attached hydrogens (tertiary/aromatic N) is 4. The van der Waals surface area contributed by atoms with Gasteiger partial charge in [-0.1, -0.05) is 35.6 Å². The van der Waals surface area contributed by atoms with E-state index in [9.17, 15) is 13.2 Å². The standard InChI is InChI=1S/C16H10F3N5S/c17-16(18,19)10-5-3-4-9(8-10)13-22-14(20)24(23-13)15-21-11-6-1-2-7-12(11)25-15/h1-8H,(H2,20,22,23). The Morgan fingerprint density at radius 3 is 2.56 bits per heavy atom. The first-order chi connectivity index (χ1) is 11.9. The molecule has 2 heterocycles. The highest BCUT2D eigenvalue weighted by atomic mass is 32.1. The van der Waals surface area contributed by atoms with Gasteiger partial charge in [-0.15, -0.1) is 5.10 Å². The molecule has 4 rings (SSSR count). The summed E-state index contributed by atoms with van der Waals surface area (Å²) in [6.07, 6.45) is -4.43. The van der Waals surface area contributed by atoms with Crippen LogP contribution in [0.3, 0.4) is 0 Å². The molecular weight excluding hydrogens is 351 g/mol. The van der Waals surface area contributed by atoms with E-state index in [1.54, 1.807) is 0 Å². The minimum absolute atomic E-state index is 0.0615. The SMILES string of the molecule is Nc1nc(-c2cccc(C(F)(F)F)c2)nn1-c1nc2ccccc2s1. The highest BCUT2D eigenvalue weighted by Crippen LogP contribution is 2.32. The highest BCUT2D eigenvalue weighted by molar-refractivity contribution is 7.20. The van der Waals surface area contributed by atoms with E-state index < -0.39 is 11.7 Å². The van der Waals surface area contributed by atoms with E-state index in [0.29, 0.717) is 5.13 Å². The third kappa shape index (κ3) is 2.82. The summed E-state index contributed by atoms with van der Waals surface area (Å²) in [6, 6.07) is 12.3. The molecule has 25 heavy (non-hydrogen) atoms. The van der Waals surface area contributed by atoms with Crippen molar-refractivity contribution in [3.63, 3.8) is 0 Å². The lowest BCUT2D eigenvalue weighted by Gasteiger charge is -2.06. The zero-order valence-electron chi connectivity index (χ0n) is 12.5. The van der Waals surface area contributed by atoms with Crippen molar-refractivity contribution in [1.29, 1.82) is 0 Å². The second kappa shape index (κ2) is 5.55. The number of benzene rings is 2. The summed E-state index contributed by atoms with van der Waals surface area (Å²) < 4.78 is 40.9. The Bertz CT molecular complexity index is 1030. The monoisotopic (exact) mass is 361 g/mol. The van der Waals surface area contributed by atoms with Crippen LogP contribution >= 0.6 is 11.3 Å². The van der Waals surface area contributed by atoms with Gasteiger partial charge >= 0.3 is 6.18 Å². The van der Waals surface area contributed by atoms with Crippen LogP contribution in [0.1, 0.15) is 5.56 Å². The number of hydrogen-bond donors (Lipinski definition) is 1. The summed E-state index contributed by atoms with van der Waals surface area (Å²) in [5.74, 6) is 0.175. The van der Waals surface area contributed by atoms with Gasteiger partial charge in [0.05, 0.1) is 15.8 Å². The van der Waals surface area contributed by atoms with E-state index in [2.05, 4.69) is 15.1 Å². The molecule has 0 atom stereocenters. The van der Waals surface area contributed by atoms with Crippen LogP contribution in [0.15, 0.2) is 48.5 Å². The van der Waals surface area contributed by atoms with Crippen LogP contribution in [0.4, 0.5) is 19.1 Å². The number of rotatable bonds is 2. The molecule has 0 aliphatic rings. The van der Waals surface area contributed by atoms with Crippen LogP contribution in [0.25, 0.3) is 26.7 Å². The number of nitrogens with two attached hydrogens (primary N) is 1.